The fraction of sp³-hybridized carbons (Fsp3) is 0.333. The summed E-state index contributed by atoms with van der Waals surface area (Å²) in [6, 6.07) is 9.79. The molecule has 24 heavy (non-hydrogen) atoms. The minimum Gasteiger partial charge on any atom is -0.354 e. The number of hydrogen-bond acceptors (Lipinski definition) is 6. The normalized spacial score (nSPS) is 11.0. The van der Waals surface area contributed by atoms with Crippen LogP contribution in [0.5, 0.6) is 0 Å². The molecule has 3 aromatic heterocycles. The highest BCUT2D eigenvalue weighted by atomic mass is 16.5. The van der Waals surface area contributed by atoms with Gasteiger partial charge in [-0.2, -0.15) is 4.98 Å². The topological polar surface area (TPSA) is 67.9 Å². The van der Waals surface area contributed by atoms with Gasteiger partial charge < -0.3 is 9.42 Å². The van der Waals surface area contributed by atoms with Crippen molar-refractivity contribution < 1.29 is 4.52 Å². The molecule has 0 spiro atoms. The van der Waals surface area contributed by atoms with Crippen LogP contribution in [0.15, 0.2) is 47.2 Å². The minimum atomic E-state index is 0.496. The van der Waals surface area contributed by atoms with Crippen LogP contribution in [-0.4, -0.2) is 27.2 Å². The van der Waals surface area contributed by atoms with Crippen LogP contribution < -0.4 is 4.90 Å². The molecule has 0 aliphatic rings. The zero-order chi connectivity index (χ0) is 16.9. The predicted octanol–water partition coefficient (Wildman–Crippen LogP) is 3.36. The Morgan fingerprint density at radius 3 is 2.67 bits per heavy atom. The van der Waals surface area contributed by atoms with Gasteiger partial charge in [0.05, 0.1) is 17.8 Å². The average molecular weight is 323 g/mol. The average Bonchev–Trinajstić information content (AvgIpc) is 3.03. The van der Waals surface area contributed by atoms with Crippen molar-refractivity contribution in [3.05, 3.63) is 54.2 Å². The summed E-state index contributed by atoms with van der Waals surface area (Å²) in [5.41, 5.74) is 1.83. The smallest absolute Gasteiger partial charge is 0.259 e. The summed E-state index contributed by atoms with van der Waals surface area (Å²) in [6.45, 7) is 4.96. The van der Waals surface area contributed by atoms with Crippen LogP contribution in [0.4, 0.5) is 5.82 Å². The highest BCUT2D eigenvalue weighted by Gasteiger charge is 2.11. The summed E-state index contributed by atoms with van der Waals surface area (Å²) in [4.78, 5) is 15.3. The Morgan fingerprint density at radius 2 is 2.00 bits per heavy atom. The molecule has 0 fully saturated rings. The van der Waals surface area contributed by atoms with Crippen LogP contribution in [0.25, 0.3) is 11.5 Å². The van der Waals surface area contributed by atoms with E-state index in [2.05, 4.69) is 34.0 Å². The lowest BCUT2D eigenvalue weighted by Crippen LogP contribution is -2.18. The van der Waals surface area contributed by atoms with Crippen LogP contribution in [0.2, 0.25) is 0 Å². The first-order valence-corrected chi connectivity index (χ1v) is 8.02. The summed E-state index contributed by atoms with van der Waals surface area (Å²) in [7, 11) is 1.99. The first kappa shape index (κ1) is 16.1. The van der Waals surface area contributed by atoms with Gasteiger partial charge in [-0.1, -0.05) is 25.1 Å². The van der Waals surface area contributed by atoms with Gasteiger partial charge in [0.15, 0.2) is 5.82 Å². The van der Waals surface area contributed by atoms with Crippen LogP contribution in [0, 0.1) is 5.92 Å². The lowest BCUT2D eigenvalue weighted by atomic mass is 10.1. The van der Waals surface area contributed by atoms with Gasteiger partial charge in [-0.3, -0.25) is 4.98 Å². The molecule has 3 aromatic rings. The van der Waals surface area contributed by atoms with E-state index in [0.29, 0.717) is 18.4 Å². The van der Waals surface area contributed by atoms with Crippen LogP contribution in [0.1, 0.15) is 25.4 Å². The molecule has 0 saturated heterocycles. The largest absolute Gasteiger partial charge is 0.354 e. The zero-order valence-electron chi connectivity index (χ0n) is 14.2. The quantitative estimate of drug-likeness (QED) is 0.693. The van der Waals surface area contributed by atoms with Crippen LogP contribution in [0.3, 0.4) is 0 Å². The summed E-state index contributed by atoms with van der Waals surface area (Å²) in [6.07, 6.45) is 4.36. The molecule has 0 aromatic carbocycles. The van der Waals surface area contributed by atoms with E-state index < -0.39 is 0 Å². The molecule has 6 heteroatoms. The molecule has 0 aliphatic heterocycles. The number of anilines is 1. The molecule has 6 nitrogen and oxygen atoms in total. The fourth-order valence-electron chi connectivity index (χ4n) is 2.37. The Morgan fingerprint density at radius 1 is 1.12 bits per heavy atom. The lowest BCUT2D eigenvalue weighted by molar-refractivity contribution is 0.417. The first-order chi connectivity index (χ1) is 11.6. The standard InChI is InChI=1S/C18H21N5O/c1-13(2)10-16-21-18(24-22-16)14-7-8-17(20-11-14)23(3)12-15-6-4-5-9-19-15/h4-9,11,13H,10,12H2,1-3H3. The van der Waals surface area contributed by atoms with E-state index >= 15 is 0 Å². The number of aromatic nitrogens is 4. The number of nitrogens with zero attached hydrogens (tertiary/aromatic N) is 5. The second kappa shape index (κ2) is 7.21. The van der Waals surface area contributed by atoms with Crippen molar-refractivity contribution >= 4 is 5.82 Å². The Labute approximate surface area is 141 Å². The number of rotatable bonds is 6. The summed E-state index contributed by atoms with van der Waals surface area (Å²) < 4.78 is 5.32. The molecule has 0 radical (unpaired) electrons. The van der Waals surface area contributed by atoms with Crippen LogP contribution in [-0.2, 0) is 13.0 Å². The monoisotopic (exact) mass is 323 g/mol. The van der Waals surface area contributed by atoms with E-state index in [9.17, 15) is 0 Å². The van der Waals surface area contributed by atoms with Crippen molar-refractivity contribution in [2.24, 2.45) is 5.92 Å². The Hall–Kier alpha value is -2.76. The Bertz CT molecular complexity index is 768. The molecule has 0 N–H and O–H groups in total. The van der Waals surface area contributed by atoms with Gasteiger partial charge in [0, 0.05) is 25.9 Å². The van der Waals surface area contributed by atoms with Gasteiger partial charge in [-0.05, 0) is 30.2 Å². The molecule has 3 rings (SSSR count). The second-order valence-electron chi connectivity index (χ2n) is 6.20. The van der Waals surface area contributed by atoms with Gasteiger partial charge in [-0.25, -0.2) is 4.98 Å². The highest BCUT2D eigenvalue weighted by molar-refractivity contribution is 5.54. The van der Waals surface area contributed by atoms with Crippen molar-refractivity contribution in [2.45, 2.75) is 26.8 Å². The highest BCUT2D eigenvalue weighted by Crippen LogP contribution is 2.20. The Balaban J connectivity index is 1.69. The van der Waals surface area contributed by atoms with Crippen molar-refractivity contribution in [3.63, 3.8) is 0 Å². The van der Waals surface area contributed by atoms with E-state index in [1.54, 1.807) is 12.4 Å². The van der Waals surface area contributed by atoms with Crippen molar-refractivity contribution in [2.75, 3.05) is 11.9 Å². The maximum atomic E-state index is 5.32. The third kappa shape index (κ3) is 3.95. The van der Waals surface area contributed by atoms with Crippen molar-refractivity contribution in [1.82, 2.24) is 20.1 Å². The van der Waals surface area contributed by atoms with E-state index in [1.165, 1.54) is 0 Å². The molecule has 3 heterocycles. The van der Waals surface area contributed by atoms with Gasteiger partial charge in [0.2, 0.25) is 0 Å². The molecule has 0 bridgehead atoms. The lowest BCUT2D eigenvalue weighted by Gasteiger charge is -2.17. The molecule has 0 aliphatic carbocycles. The van der Waals surface area contributed by atoms with Crippen molar-refractivity contribution in [1.29, 1.82) is 0 Å². The second-order valence-corrected chi connectivity index (χ2v) is 6.20. The molecule has 124 valence electrons. The summed E-state index contributed by atoms with van der Waals surface area (Å²) in [5.74, 6) is 2.61. The first-order valence-electron chi connectivity index (χ1n) is 8.02. The summed E-state index contributed by atoms with van der Waals surface area (Å²) in [5, 5.41) is 4.01. The summed E-state index contributed by atoms with van der Waals surface area (Å²) >= 11 is 0. The van der Waals surface area contributed by atoms with Crippen molar-refractivity contribution in [3.8, 4) is 11.5 Å². The third-order valence-electron chi connectivity index (χ3n) is 3.57. The van der Waals surface area contributed by atoms with Gasteiger partial charge in [0.25, 0.3) is 5.89 Å². The molecule has 0 atom stereocenters. The molecular formula is C18H21N5O. The maximum Gasteiger partial charge on any atom is 0.259 e. The number of pyridine rings is 2. The van der Waals surface area contributed by atoms with E-state index in [4.69, 9.17) is 4.52 Å². The Kier molecular flexibility index (Phi) is 4.84. The zero-order valence-corrected chi connectivity index (χ0v) is 14.2. The minimum absolute atomic E-state index is 0.496. The molecule has 0 amide bonds. The number of hydrogen-bond donors (Lipinski definition) is 0. The third-order valence-corrected chi connectivity index (χ3v) is 3.57. The SMILES string of the molecule is CC(C)Cc1noc(-c2ccc(N(C)Cc3ccccn3)nc2)n1. The molecule has 0 unspecified atom stereocenters. The van der Waals surface area contributed by atoms with E-state index in [1.807, 2.05) is 42.3 Å². The molecule has 0 saturated carbocycles. The molecular weight excluding hydrogens is 302 g/mol. The van der Waals surface area contributed by atoms with E-state index in [0.717, 1.165) is 29.3 Å². The van der Waals surface area contributed by atoms with Gasteiger partial charge in [0.1, 0.15) is 5.82 Å². The van der Waals surface area contributed by atoms with E-state index in [-0.39, 0.29) is 0 Å². The van der Waals surface area contributed by atoms with Gasteiger partial charge in [-0.15, -0.1) is 0 Å². The van der Waals surface area contributed by atoms with Crippen LogP contribution >= 0.6 is 0 Å². The predicted molar refractivity (Wildman–Crippen MR) is 92.4 cm³/mol. The maximum absolute atomic E-state index is 5.32. The fourth-order valence-corrected chi connectivity index (χ4v) is 2.37. The van der Waals surface area contributed by atoms with Gasteiger partial charge >= 0.3 is 0 Å².